The van der Waals surface area contributed by atoms with E-state index in [1.54, 1.807) is 0 Å². The SMILES string of the molecule is CCc1ccc(CN2CC(C)CC(C(=O)O)C2)o1. The maximum atomic E-state index is 11.1. The Kier molecular flexibility index (Phi) is 4.07. The molecule has 0 radical (unpaired) electrons. The van der Waals surface area contributed by atoms with Crippen LogP contribution in [0.5, 0.6) is 0 Å². The first kappa shape index (κ1) is 13.1. The normalized spacial score (nSPS) is 25.2. The summed E-state index contributed by atoms with van der Waals surface area (Å²) in [7, 11) is 0. The van der Waals surface area contributed by atoms with E-state index in [0.717, 1.165) is 30.9 Å². The van der Waals surface area contributed by atoms with E-state index in [2.05, 4.69) is 18.7 Å². The quantitative estimate of drug-likeness (QED) is 0.892. The van der Waals surface area contributed by atoms with E-state index in [4.69, 9.17) is 9.52 Å². The van der Waals surface area contributed by atoms with Crippen molar-refractivity contribution in [2.45, 2.75) is 33.2 Å². The largest absolute Gasteiger partial charge is 0.481 e. The summed E-state index contributed by atoms with van der Waals surface area (Å²) in [5, 5.41) is 9.13. The number of furan rings is 1. The lowest BCUT2D eigenvalue weighted by Gasteiger charge is -2.34. The number of piperidine rings is 1. The van der Waals surface area contributed by atoms with Gasteiger partial charge in [0.2, 0.25) is 0 Å². The van der Waals surface area contributed by atoms with Gasteiger partial charge in [-0.3, -0.25) is 9.69 Å². The Balaban J connectivity index is 1.97. The highest BCUT2D eigenvalue weighted by Crippen LogP contribution is 2.23. The van der Waals surface area contributed by atoms with Gasteiger partial charge in [-0.2, -0.15) is 0 Å². The van der Waals surface area contributed by atoms with E-state index in [1.807, 2.05) is 12.1 Å². The van der Waals surface area contributed by atoms with Crippen LogP contribution in [-0.2, 0) is 17.8 Å². The fourth-order valence-electron chi connectivity index (χ4n) is 2.69. The van der Waals surface area contributed by atoms with Crippen LogP contribution in [0.3, 0.4) is 0 Å². The minimum atomic E-state index is -0.680. The van der Waals surface area contributed by atoms with E-state index >= 15 is 0 Å². The van der Waals surface area contributed by atoms with Crippen molar-refractivity contribution in [1.29, 1.82) is 0 Å². The monoisotopic (exact) mass is 251 g/mol. The lowest BCUT2D eigenvalue weighted by atomic mass is 9.90. The molecule has 1 aromatic heterocycles. The van der Waals surface area contributed by atoms with Crippen LogP contribution in [0, 0.1) is 11.8 Å². The molecule has 0 amide bonds. The van der Waals surface area contributed by atoms with Gasteiger partial charge in [-0.05, 0) is 24.5 Å². The van der Waals surface area contributed by atoms with Crippen molar-refractivity contribution in [3.63, 3.8) is 0 Å². The van der Waals surface area contributed by atoms with Crippen LogP contribution in [0.4, 0.5) is 0 Å². The molecule has 0 bridgehead atoms. The molecule has 2 atom stereocenters. The molecule has 1 aromatic rings. The molecule has 18 heavy (non-hydrogen) atoms. The number of rotatable bonds is 4. The topological polar surface area (TPSA) is 53.7 Å². The Morgan fingerprint density at radius 1 is 1.44 bits per heavy atom. The van der Waals surface area contributed by atoms with Crippen LogP contribution in [-0.4, -0.2) is 29.1 Å². The summed E-state index contributed by atoms with van der Waals surface area (Å²) in [6, 6.07) is 3.99. The Hall–Kier alpha value is -1.29. The summed E-state index contributed by atoms with van der Waals surface area (Å²) in [6.45, 7) is 6.47. The highest BCUT2D eigenvalue weighted by molar-refractivity contribution is 5.70. The first-order valence-electron chi connectivity index (χ1n) is 6.61. The predicted octanol–water partition coefficient (Wildman–Crippen LogP) is 2.38. The molecular weight excluding hydrogens is 230 g/mol. The summed E-state index contributed by atoms with van der Waals surface area (Å²) in [5.41, 5.74) is 0. The van der Waals surface area contributed by atoms with Crippen molar-refractivity contribution in [3.05, 3.63) is 23.7 Å². The molecule has 0 spiro atoms. The Labute approximate surface area is 108 Å². The summed E-state index contributed by atoms with van der Waals surface area (Å²) in [5.74, 6) is 1.44. The molecule has 1 aliphatic rings. The Morgan fingerprint density at radius 2 is 2.17 bits per heavy atom. The maximum absolute atomic E-state index is 11.1. The first-order valence-corrected chi connectivity index (χ1v) is 6.61. The molecule has 1 fully saturated rings. The van der Waals surface area contributed by atoms with E-state index in [0.29, 0.717) is 19.0 Å². The van der Waals surface area contributed by atoms with Crippen LogP contribution in [0.25, 0.3) is 0 Å². The summed E-state index contributed by atoms with van der Waals surface area (Å²) < 4.78 is 5.68. The zero-order valence-electron chi connectivity index (χ0n) is 11.1. The van der Waals surface area contributed by atoms with E-state index < -0.39 is 5.97 Å². The summed E-state index contributed by atoms with van der Waals surface area (Å²) >= 11 is 0. The first-order chi connectivity index (χ1) is 8.58. The van der Waals surface area contributed by atoms with Gasteiger partial charge in [0.05, 0.1) is 12.5 Å². The van der Waals surface area contributed by atoms with Crippen LogP contribution in [0.2, 0.25) is 0 Å². The molecule has 2 rings (SSSR count). The van der Waals surface area contributed by atoms with Crippen molar-refractivity contribution < 1.29 is 14.3 Å². The van der Waals surface area contributed by atoms with Gasteiger partial charge in [0.15, 0.2) is 0 Å². The zero-order valence-corrected chi connectivity index (χ0v) is 11.1. The Bertz CT molecular complexity index is 413. The molecule has 2 unspecified atom stereocenters. The molecule has 1 N–H and O–H groups in total. The lowest BCUT2D eigenvalue weighted by molar-refractivity contribution is -0.144. The third-order valence-corrected chi connectivity index (χ3v) is 3.53. The van der Waals surface area contributed by atoms with Gasteiger partial charge in [-0.15, -0.1) is 0 Å². The second-order valence-corrected chi connectivity index (χ2v) is 5.29. The number of hydrogen-bond acceptors (Lipinski definition) is 3. The summed E-state index contributed by atoms with van der Waals surface area (Å²) in [4.78, 5) is 13.3. The molecule has 0 aromatic carbocycles. The number of hydrogen-bond donors (Lipinski definition) is 1. The minimum absolute atomic E-state index is 0.241. The highest BCUT2D eigenvalue weighted by Gasteiger charge is 2.29. The fraction of sp³-hybridized carbons (Fsp3) is 0.643. The number of nitrogens with zero attached hydrogens (tertiary/aromatic N) is 1. The van der Waals surface area contributed by atoms with Crippen LogP contribution in [0.15, 0.2) is 16.5 Å². The smallest absolute Gasteiger partial charge is 0.307 e. The van der Waals surface area contributed by atoms with Gasteiger partial charge in [-0.1, -0.05) is 13.8 Å². The van der Waals surface area contributed by atoms with E-state index in [1.165, 1.54) is 0 Å². The molecule has 4 heteroatoms. The molecule has 1 saturated heterocycles. The Morgan fingerprint density at radius 3 is 2.78 bits per heavy atom. The van der Waals surface area contributed by atoms with Gasteiger partial charge in [0.25, 0.3) is 0 Å². The number of aliphatic carboxylic acids is 1. The standard InChI is InChI=1S/C14H21NO3/c1-3-12-4-5-13(18-12)9-15-7-10(2)6-11(8-15)14(16)17/h4-5,10-11H,3,6-9H2,1-2H3,(H,16,17). The van der Waals surface area contributed by atoms with Crippen LogP contribution in [0.1, 0.15) is 31.8 Å². The van der Waals surface area contributed by atoms with Gasteiger partial charge in [-0.25, -0.2) is 0 Å². The lowest BCUT2D eigenvalue weighted by Crippen LogP contribution is -2.41. The van der Waals surface area contributed by atoms with Crippen LogP contribution >= 0.6 is 0 Å². The van der Waals surface area contributed by atoms with Gasteiger partial charge >= 0.3 is 5.97 Å². The van der Waals surface area contributed by atoms with Crippen LogP contribution < -0.4 is 0 Å². The molecule has 100 valence electrons. The van der Waals surface area contributed by atoms with Crippen molar-refractivity contribution in [2.75, 3.05) is 13.1 Å². The maximum Gasteiger partial charge on any atom is 0.307 e. The third kappa shape index (κ3) is 3.13. The molecule has 2 heterocycles. The van der Waals surface area contributed by atoms with Crippen molar-refractivity contribution in [1.82, 2.24) is 4.90 Å². The van der Waals surface area contributed by atoms with Crippen molar-refractivity contribution in [2.24, 2.45) is 11.8 Å². The number of carbonyl (C=O) groups is 1. The molecule has 1 aliphatic heterocycles. The van der Waals surface area contributed by atoms with Crippen molar-refractivity contribution in [3.8, 4) is 0 Å². The van der Waals surface area contributed by atoms with Gasteiger partial charge < -0.3 is 9.52 Å². The van der Waals surface area contributed by atoms with E-state index in [9.17, 15) is 4.79 Å². The third-order valence-electron chi connectivity index (χ3n) is 3.53. The molecule has 0 aliphatic carbocycles. The molecular formula is C14H21NO3. The number of carboxylic acid groups (broad SMARTS) is 1. The number of likely N-dealkylation sites (tertiary alicyclic amines) is 1. The average Bonchev–Trinajstić information content (AvgIpc) is 2.76. The van der Waals surface area contributed by atoms with Gasteiger partial charge in [0.1, 0.15) is 11.5 Å². The van der Waals surface area contributed by atoms with Gasteiger partial charge in [0, 0.05) is 19.5 Å². The minimum Gasteiger partial charge on any atom is -0.481 e. The van der Waals surface area contributed by atoms with E-state index in [-0.39, 0.29) is 5.92 Å². The second-order valence-electron chi connectivity index (χ2n) is 5.29. The molecule has 0 saturated carbocycles. The fourth-order valence-corrected chi connectivity index (χ4v) is 2.69. The van der Waals surface area contributed by atoms with Crippen molar-refractivity contribution >= 4 is 5.97 Å². The average molecular weight is 251 g/mol. The second kappa shape index (κ2) is 5.57. The number of aryl methyl sites for hydroxylation is 1. The zero-order chi connectivity index (χ0) is 13.1. The predicted molar refractivity (Wildman–Crippen MR) is 68.3 cm³/mol. The summed E-state index contributed by atoms with van der Waals surface area (Å²) in [6.07, 6.45) is 1.68. The molecule has 4 nitrogen and oxygen atoms in total. The highest BCUT2D eigenvalue weighted by atomic mass is 16.4. The number of carboxylic acids is 1.